The average Bonchev–Trinajstić information content (AvgIpc) is 2.25. The number of benzene rings is 1. The Morgan fingerprint density at radius 1 is 1.32 bits per heavy atom. The van der Waals surface area contributed by atoms with E-state index in [-0.39, 0.29) is 27.4 Å². The van der Waals surface area contributed by atoms with Crippen LogP contribution in [-0.4, -0.2) is 35.7 Å². The van der Waals surface area contributed by atoms with Gasteiger partial charge in [0.25, 0.3) is 0 Å². The third-order valence-electron chi connectivity index (χ3n) is 2.22. The average molecular weight is 327 g/mol. The molecule has 9 heteroatoms. The van der Waals surface area contributed by atoms with Crippen molar-refractivity contribution in [2.45, 2.75) is 22.8 Å². The van der Waals surface area contributed by atoms with Gasteiger partial charge in [0.05, 0.1) is 9.92 Å². The van der Waals surface area contributed by atoms with Crippen molar-refractivity contribution in [1.29, 1.82) is 0 Å². The summed E-state index contributed by atoms with van der Waals surface area (Å²) in [6.07, 6.45) is 0.988. The van der Waals surface area contributed by atoms with Crippen molar-refractivity contribution in [3.05, 3.63) is 23.2 Å². The summed E-state index contributed by atoms with van der Waals surface area (Å²) in [5, 5.41) is -0.0513. The summed E-state index contributed by atoms with van der Waals surface area (Å²) < 4.78 is 49.1. The predicted octanol–water partition coefficient (Wildman–Crippen LogP) is 0.369. The SMILES string of the molecule is CC(N)CNS(=O)(=O)c1cc(S(C)(=O)=O)ccc1Cl. The van der Waals surface area contributed by atoms with Crippen molar-refractivity contribution >= 4 is 31.5 Å². The number of nitrogens with one attached hydrogen (secondary N) is 1. The zero-order chi connectivity index (χ0) is 14.8. The lowest BCUT2D eigenvalue weighted by Crippen LogP contribution is -2.35. The molecule has 0 bridgehead atoms. The molecule has 1 aromatic rings. The molecule has 108 valence electrons. The fourth-order valence-corrected chi connectivity index (χ4v) is 3.63. The molecule has 1 atom stereocenters. The highest BCUT2D eigenvalue weighted by molar-refractivity contribution is 7.91. The van der Waals surface area contributed by atoms with Gasteiger partial charge in [-0.1, -0.05) is 11.6 Å². The monoisotopic (exact) mass is 326 g/mol. The summed E-state index contributed by atoms with van der Waals surface area (Å²) in [5.74, 6) is 0. The van der Waals surface area contributed by atoms with E-state index >= 15 is 0 Å². The van der Waals surface area contributed by atoms with Gasteiger partial charge in [-0.15, -0.1) is 0 Å². The first-order valence-electron chi connectivity index (χ1n) is 5.29. The summed E-state index contributed by atoms with van der Waals surface area (Å²) in [5.41, 5.74) is 5.46. The standard InChI is InChI=1S/C10H15ClN2O4S2/c1-7(12)6-13-19(16,17)10-5-8(18(2,14)15)3-4-9(10)11/h3-5,7,13H,6,12H2,1-2H3. The lowest BCUT2D eigenvalue weighted by molar-refractivity contribution is 0.573. The Morgan fingerprint density at radius 2 is 1.89 bits per heavy atom. The van der Waals surface area contributed by atoms with Crippen LogP contribution in [0.2, 0.25) is 5.02 Å². The van der Waals surface area contributed by atoms with Crippen LogP contribution in [-0.2, 0) is 19.9 Å². The first-order chi connectivity index (χ1) is 8.54. The van der Waals surface area contributed by atoms with Gasteiger partial charge in [-0.3, -0.25) is 0 Å². The van der Waals surface area contributed by atoms with Crippen LogP contribution < -0.4 is 10.5 Å². The number of hydrogen-bond donors (Lipinski definition) is 2. The number of halogens is 1. The largest absolute Gasteiger partial charge is 0.327 e. The molecule has 0 amide bonds. The minimum absolute atomic E-state index is 0.0295. The van der Waals surface area contributed by atoms with Crippen molar-refractivity contribution in [3.8, 4) is 0 Å². The van der Waals surface area contributed by atoms with Crippen LogP contribution in [0.5, 0.6) is 0 Å². The number of sulfonamides is 1. The van der Waals surface area contributed by atoms with E-state index < -0.39 is 19.9 Å². The van der Waals surface area contributed by atoms with Crippen LogP contribution in [0.15, 0.2) is 28.0 Å². The maximum atomic E-state index is 12.0. The van der Waals surface area contributed by atoms with Crippen LogP contribution in [0.1, 0.15) is 6.92 Å². The van der Waals surface area contributed by atoms with E-state index in [2.05, 4.69) is 4.72 Å². The van der Waals surface area contributed by atoms with Gasteiger partial charge >= 0.3 is 0 Å². The molecule has 3 N–H and O–H groups in total. The number of hydrogen-bond acceptors (Lipinski definition) is 5. The topological polar surface area (TPSA) is 106 Å². The van der Waals surface area contributed by atoms with Gasteiger partial charge in [0.1, 0.15) is 4.90 Å². The lowest BCUT2D eigenvalue weighted by atomic mass is 10.4. The molecule has 19 heavy (non-hydrogen) atoms. The van der Waals surface area contributed by atoms with Crippen molar-refractivity contribution < 1.29 is 16.8 Å². The minimum Gasteiger partial charge on any atom is -0.327 e. The molecular weight excluding hydrogens is 312 g/mol. The van der Waals surface area contributed by atoms with Gasteiger partial charge in [-0.2, -0.15) is 0 Å². The van der Waals surface area contributed by atoms with Gasteiger partial charge < -0.3 is 5.73 Å². The lowest BCUT2D eigenvalue weighted by Gasteiger charge is -2.11. The molecule has 0 aliphatic rings. The molecule has 0 heterocycles. The molecule has 1 rings (SSSR count). The Bertz CT molecular complexity index is 669. The molecule has 0 aromatic heterocycles. The van der Waals surface area contributed by atoms with Crippen LogP contribution in [0.3, 0.4) is 0 Å². The van der Waals surface area contributed by atoms with Gasteiger partial charge in [-0.25, -0.2) is 21.6 Å². The van der Waals surface area contributed by atoms with Crippen molar-refractivity contribution in [2.24, 2.45) is 5.73 Å². The zero-order valence-electron chi connectivity index (χ0n) is 10.4. The van der Waals surface area contributed by atoms with Crippen LogP contribution >= 0.6 is 11.6 Å². The van der Waals surface area contributed by atoms with Crippen molar-refractivity contribution in [1.82, 2.24) is 4.72 Å². The number of sulfone groups is 1. The highest BCUT2D eigenvalue weighted by Gasteiger charge is 2.20. The molecular formula is C10H15ClN2O4S2. The maximum absolute atomic E-state index is 12.0. The molecule has 6 nitrogen and oxygen atoms in total. The van der Waals surface area contributed by atoms with E-state index in [0.29, 0.717) is 0 Å². The molecule has 0 fully saturated rings. The van der Waals surface area contributed by atoms with E-state index in [1.807, 2.05) is 0 Å². The highest BCUT2D eigenvalue weighted by atomic mass is 35.5. The molecule has 0 saturated carbocycles. The van der Waals surface area contributed by atoms with Crippen LogP contribution in [0.4, 0.5) is 0 Å². The molecule has 0 radical (unpaired) electrons. The number of nitrogens with two attached hydrogens (primary N) is 1. The third kappa shape index (κ3) is 4.43. The summed E-state index contributed by atoms with van der Waals surface area (Å²) >= 11 is 5.80. The predicted molar refractivity (Wildman–Crippen MR) is 73.4 cm³/mol. The van der Waals surface area contributed by atoms with Crippen LogP contribution in [0, 0.1) is 0 Å². The fourth-order valence-electron chi connectivity index (χ4n) is 1.24. The normalized spacial score (nSPS) is 14.3. The molecule has 0 saturated heterocycles. The Hall–Kier alpha value is -0.670. The van der Waals surface area contributed by atoms with Crippen molar-refractivity contribution in [2.75, 3.05) is 12.8 Å². The Balaban J connectivity index is 3.27. The minimum atomic E-state index is -3.90. The first-order valence-corrected chi connectivity index (χ1v) is 9.04. The summed E-state index contributed by atoms with van der Waals surface area (Å²) in [7, 11) is -7.40. The molecule has 0 aliphatic heterocycles. The highest BCUT2D eigenvalue weighted by Crippen LogP contribution is 2.24. The van der Waals surface area contributed by atoms with E-state index in [1.165, 1.54) is 12.1 Å². The Labute approximate surface area is 117 Å². The van der Waals surface area contributed by atoms with Gasteiger partial charge in [0.2, 0.25) is 10.0 Å². The van der Waals surface area contributed by atoms with E-state index in [1.54, 1.807) is 6.92 Å². The molecule has 1 unspecified atom stereocenters. The second kappa shape index (κ2) is 5.76. The van der Waals surface area contributed by atoms with Gasteiger partial charge in [0.15, 0.2) is 9.84 Å². The first kappa shape index (κ1) is 16.4. The summed E-state index contributed by atoms with van der Waals surface area (Å²) in [6, 6.07) is 3.15. The maximum Gasteiger partial charge on any atom is 0.242 e. The quantitative estimate of drug-likeness (QED) is 0.813. The smallest absolute Gasteiger partial charge is 0.242 e. The Kier molecular flexibility index (Phi) is 4.97. The van der Waals surface area contributed by atoms with Gasteiger partial charge in [-0.05, 0) is 25.1 Å². The van der Waals surface area contributed by atoms with Crippen molar-refractivity contribution in [3.63, 3.8) is 0 Å². The fraction of sp³-hybridized carbons (Fsp3) is 0.400. The van der Waals surface area contributed by atoms with E-state index in [9.17, 15) is 16.8 Å². The molecule has 0 spiro atoms. The van der Waals surface area contributed by atoms with Crippen LogP contribution in [0.25, 0.3) is 0 Å². The van der Waals surface area contributed by atoms with E-state index in [0.717, 1.165) is 12.3 Å². The summed E-state index contributed by atoms with van der Waals surface area (Å²) in [4.78, 5) is -0.393. The third-order valence-corrected chi connectivity index (χ3v) is 5.23. The second-order valence-electron chi connectivity index (χ2n) is 4.19. The molecule has 1 aromatic carbocycles. The summed E-state index contributed by atoms with van der Waals surface area (Å²) in [6.45, 7) is 1.67. The Morgan fingerprint density at radius 3 is 2.37 bits per heavy atom. The second-order valence-corrected chi connectivity index (χ2v) is 8.35. The molecule has 0 aliphatic carbocycles. The van der Waals surface area contributed by atoms with Gasteiger partial charge in [0, 0.05) is 18.8 Å². The zero-order valence-corrected chi connectivity index (χ0v) is 12.8. The number of rotatable bonds is 5. The van der Waals surface area contributed by atoms with E-state index in [4.69, 9.17) is 17.3 Å².